The van der Waals surface area contributed by atoms with Gasteiger partial charge in [0.2, 0.25) is 5.95 Å². The van der Waals surface area contributed by atoms with Crippen molar-refractivity contribution >= 4 is 40.3 Å². The molecular formula is C24H25FN8OS. The zero-order valence-corrected chi connectivity index (χ0v) is 20.4. The highest BCUT2D eigenvalue weighted by atomic mass is 32.2. The predicted molar refractivity (Wildman–Crippen MR) is 137 cm³/mol. The third kappa shape index (κ3) is 5.29. The summed E-state index contributed by atoms with van der Waals surface area (Å²) in [6.45, 7) is 0.527. The van der Waals surface area contributed by atoms with Crippen LogP contribution < -0.4 is 16.0 Å². The molecule has 180 valence electrons. The first kappa shape index (κ1) is 24.3. The van der Waals surface area contributed by atoms with Gasteiger partial charge in [-0.2, -0.15) is 11.8 Å². The SMILES string of the molecule is CNC(=O)c1ccnc2c(C(CNc3cc(-c4cnc(NC)nc4)ncn3)CSC)ccc(F)c12. The van der Waals surface area contributed by atoms with Gasteiger partial charge in [-0.25, -0.2) is 24.3 Å². The molecule has 0 aliphatic heterocycles. The summed E-state index contributed by atoms with van der Waals surface area (Å²) in [7, 11) is 3.28. The molecule has 0 aliphatic carbocycles. The Bertz CT molecular complexity index is 1340. The van der Waals surface area contributed by atoms with Gasteiger partial charge in [0.25, 0.3) is 5.91 Å². The molecule has 11 heteroatoms. The van der Waals surface area contributed by atoms with Gasteiger partial charge in [-0.15, -0.1) is 0 Å². The number of aromatic nitrogens is 5. The highest BCUT2D eigenvalue weighted by Gasteiger charge is 2.21. The maximum absolute atomic E-state index is 14.8. The maximum atomic E-state index is 14.8. The fraction of sp³-hybridized carbons (Fsp3) is 0.250. The Balaban J connectivity index is 1.62. The van der Waals surface area contributed by atoms with Crippen molar-refractivity contribution in [1.29, 1.82) is 0 Å². The average Bonchev–Trinajstić information content (AvgIpc) is 2.91. The van der Waals surface area contributed by atoms with Gasteiger partial charge in [-0.05, 0) is 24.0 Å². The lowest BCUT2D eigenvalue weighted by atomic mass is 9.95. The minimum absolute atomic E-state index is 0.0165. The van der Waals surface area contributed by atoms with E-state index in [1.807, 2.05) is 12.3 Å². The average molecular weight is 493 g/mol. The predicted octanol–water partition coefficient (Wildman–Crippen LogP) is 3.58. The number of benzene rings is 1. The van der Waals surface area contributed by atoms with E-state index in [4.69, 9.17) is 0 Å². The van der Waals surface area contributed by atoms with Crippen LogP contribution >= 0.6 is 11.8 Å². The maximum Gasteiger partial charge on any atom is 0.251 e. The van der Waals surface area contributed by atoms with Gasteiger partial charge in [-0.1, -0.05) is 6.07 Å². The highest BCUT2D eigenvalue weighted by Crippen LogP contribution is 2.30. The third-order valence-corrected chi connectivity index (χ3v) is 6.26. The van der Waals surface area contributed by atoms with Crippen LogP contribution in [0, 0.1) is 5.82 Å². The fourth-order valence-electron chi connectivity index (χ4n) is 3.79. The van der Waals surface area contributed by atoms with E-state index in [9.17, 15) is 9.18 Å². The number of hydrogen-bond acceptors (Lipinski definition) is 9. The fourth-order valence-corrected chi connectivity index (χ4v) is 4.49. The molecule has 3 heterocycles. The molecule has 35 heavy (non-hydrogen) atoms. The van der Waals surface area contributed by atoms with E-state index >= 15 is 0 Å². The van der Waals surface area contributed by atoms with E-state index in [0.29, 0.717) is 29.5 Å². The molecule has 0 saturated heterocycles. The number of rotatable bonds is 9. The lowest BCUT2D eigenvalue weighted by Crippen LogP contribution is -2.20. The standard InChI is InChI=1S/C24H25FN8OS/c1-26-23(34)17-6-7-28-22-16(4-5-18(25)21(17)22)15(12-35-3)11-29-20-8-19(32-13-33-20)14-9-30-24(27-2)31-10-14/h4-10,13,15H,11-12H2,1-3H3,(H,26,34)(H,27,30,31)(H,29,32,33). The molecule has 1 aromatic carbocycles. The van der Waals surface area contributed by atoms with Gasteiger partial charge in [-0.3, -0.25) is 9.78 Å². The van der Waals surface area contributed by atoms with Crippen LogP contribution in [0.1, 0.15) is 21.8 Å². The number of anilines is 2. The Morgan fingerprint density at radius 2 is 1.89 bits per heavy atom. The van der Waals surface area contributed by atoms with Crippen LogP contribution in [0.4, 0.5) is 16.2 Å². The summed E-state index contributed by atoms with van der Waals surface area (Å²) in [5.41, 5.74) is 3.07. The molecule has 4 rings (SSSR count). The minimum Gasteiger partial charge on any atom is -0.369 e. The van der Waals surface area contributed by atoms with Crippen molar-refractivity contribution in [1.82, 2.24) is 30.2 Å². The van der Waals surface area contributed by atoms with E-state index in [2.05, 4.69) is 40.9 Å². The van der Waals surface area contributed by atoms with Gasteiger partial charge < -0.3 is 16.0 Å². The van der Waals surface area contributed by atoms with Crippen LogP contribution in [0.15, 0.2) is 49.2 Å². The van der Waals surface area contributed by atoms with E-state index in [1.54, 1.807) is 37.3 Å². The largest absolute Gasteiger partial charge is 0.369 e. The summed E-state index contributed by atoms with van der Waals surface area (Å²) in [6, 6.07) is 6.51. The molecule has 0 saturated carbocycles. The molecule has 3 N–H and O–H groups in total. The summed E-state index contributed by atoms with van der Waals surface area (Å²) in [5, 5.41) is 9.05. The molecular weight excluding hydrogens is 467 g/mol. The Hall–Kier alpha value is -3.86. The number of carbonyl (C=O) groups excluding carboxylic acids is 1. The smallest absolute Gasteiger partial charge is 0.251 e. The Labute approximate surface area is 206 Å². The number of thioether (sulfide) groups is 1. The monoisotopic (exact) mass is 492 g/mol. The second-order valence-corrected chi connectivity index (χ2v) is 8.58. The third-order valence-electron chi connectivity index (χ3n) is 5.52. The molecule has 0 spiro atoms. The molecule has 9 nitrogen and oxygen atoms in total. The molecule has 0 aliphatic rings. The van der Waals surface area contributed by atoms with Crippen LogP contribution in [0.5, 0.6) is 0 Å². The number of pyridine rings is 1. The summed E-state index contributed by atoms with van der Waals surface area (Å²) >= 11 is 1.67. The Morgan fingerprint density at radius 1 is 1.09 bits per heavy atom. The first-order valence-electron chi connectivity index (χ1n) is 10.9. The topological polar surface area (TPSA) is 118 Å². The molecule has 1 amide bonds. The summed E-state index contributed by atoms with van der Waals surface area (Å²) in [6.07, 6.45) is 8.43. The molecule has 0 fully saturated rings. The second kappa shape index (κ2) is 11.0. The second-order valence-electron chi connectivity index (χ2n) is 7.66. The quantitative estimate of drug-likeness (QED) is 0.322. The number of fused-ring (bicyclic) bond motifs is 1. The van der Waals surface area contributed by atoms with E-state index < -0.39 is 5.82 Å². The van der Waals surface area contributed by atoms with Crippen LogP contribution in [-0.4, -0.2) is 63.5 Å². The molecule has 0 bridgehead atoms. The zero-order valence-electron chi connectivity index (χ0n) is 19.5. The molecule has 1 unspecified atom stereocenters. The van der Waals surface area contributed by atoms with Gasteiger partial charge in [0, 0.05) is 67.9 Å². The number of hydrogen-bond donors (Lipinski definition) is 3. The van der Waals surface area contributed by atoms with Crippen LogP contribution in [0.3, 0.4) is 0 Å². The van der Waals surface area contributed by atoms with Crippen LogP contribution in [-0.2, 0) is 0 Å². The van der Waals surface area contributed by atoms with Crippen LogP contribution in [0.2, 0.25) is 0 Å². The Kier molecular flexibility index (Phi) is 7.66. The number of carbonyl (C=O) groups is 1. The molecule has 0 radical (unpaired) electrons. The summed E-state index contributed by atoms with van der Waals surface area (Å²) < 4.78 is 14.8. The number of nitrogens with zero attached hydrogens (tertiary/aromatic N) is 5. The molecule has 4 aromatic rings. The first-order chi connectivity index (χ1) is 17.0. The normalized spacial score (nSPS) is 11.8. The lowest BCUT2D eigenvalue weighted by Gasteiger charge is -2.20. The van der Waals surface area contributed by atoms with Crippen molar-refractivity contribution in [3.63, 3.8) is 0 Å². The van der Waals surface area contributed by atoms with E-state index in [-0.39, 0.29) is 22.8 Å². The van der Waals surface area contributed by atoms with Gasteiger partial charge >= 0.3 is 0 Å². The van der Waals surface area contributed by atoms with Crippen molar-refractivity contribution in [2.24, 2.45) is 0 Å². The van der Waals surface area contributed by atoms with Gasteiger partial charge in [0.15, 0.2) is 0 Å². The van der Waals surface area contributed by atoms with Crippen molar-refractivity contribution in [3.05, 3.63) is 66.1 Å². The lowest BCUT2D eigenvalue weighted by molar-refractivity contribution is 0.0964. The summed E-state index contributed by atoms with van der Waals surface area (Å²) in [4.78, 5) is 33.9. The van der Waals surface area contributed by atoms with Crippen LogP contribution in [0.25, 0.3) is 22.2 Å². The van der Waals surface area contributed by atoms with Crippen molar-refractivity contribution in [3.8, 4) is 11.3 Å². The first-order valence-corrected chi connectivity index (χ1v) is 12.3. The Morgan fingerprint density at radius 3 is 2.60 bits per heavy atom. The van der Waals surface area contributed by atoms with Crippen molar-refractivity contribution < 1.29 is 9.18 Å². The van der Waals surface area contributed by atoms with Crippen molar-refractivity contribution in [2.75, 3.05) is 43.3 Å². The minimum atomic E-state index is -0.474. The summed E-state index contributed by atoms with van der Waals surface area (Å²) in [5.74, 6) is 1.09. The highest BCUT2D eigenvalue weighted by molar-refractivity contribution is 7.98. The van der Waals surface area contributed by atoms with Crippen molar-refractivity contribution in [2.45, 2.75) is 5.92 Å². The molecule has 3 aromatic heterocycles. The zero-order chi connectivity index (χ0) is 24.8. The number of nitrogens with one attached hydrogen (secondary N) is 3. The van der Waals surface area contributed by atoms with E-state index in [1.165, 1.54) is 31.7 Å². The van der Waals surface area contributed by atoms with E-state index in [0.717, 1.165) is 16.9 Å². The molecule has 1 atom stereocenters. The number of amides is 1. The van der Waals surface area contributed by atoms with Gasteiger partial charge in [0.05, 0.1) is 16.8 Å². The van der Waals surface area contributed by atoms with Gasteiger partial charge in [0.1, 0.15) is 18.0 Å². The number of halogens is 1.